The Bertz CT molecular complexity index is 408. The molecule has 0 bridgehead atoms. The number of rotatable bonds is 4. The van der Waals surface area contributed by atoms with Crippen LogP contribution in [0.25, 0.3) is 0 Å². The van der Waals surface area contributed by atoms with Gasteiger partial charge in [-0.2, -0.15) is 11.8 Å². The van der Waals surface area contributed by atoms with Crippen molar-refractivity contribution in [3.63, 3.8) is 0 Å². The van der Waals surface area contributed by atoms with Crippen LogP contribution in [0.4, 0.5) is 0 Å². The van der Waals surface area contributed by atoms with E-state index in [1.165, 1.54) is 0 Å². The fraction of sp³-hybridized carbons (Fsp3) is 0.462. The molecule has 1 heterocycles. The molecule has 0 saturated carbocycles. The standard InChI is InChI=1S/C13H17NO2S/c1-9-12(5-6-16-9)17-8-10-3-2-4-11(7-10)13(14)15/h2-4,7,9,12H,5-6,8H2,1H3,(H2,14,15)/t9-,12-/m1/s1. The van der Waals surface area contributed by atoms with Crippen molar-refractivity contribution in [1.82, 2.24) is 0 Å². The molecule has 1 fully saturated rings. The van der Waals surface area contributed by atoms with E-state index in [0.717, 1.165) is 24.3 Å². The van der Waals surface area contributed by atoms with Crippen molar-refractivity contribution in [1.29, 1.82) is 0 Å². The minimum atomic E-state index is -0.366. The van der Waals surface area contributed by atoms with Gasteiger partial charge in [0, 0.05) is 23.2 Å². The lowest BCUT2D eigenvalue weighted by Gasteiger charge is -2.13. The Morgan fingerprint density at radius 2 is 2.41 bits per heavy atom. The first-order valence-corrected chi connectivity index (χ1v) is 6.83. The first kappa shape index (κ1) is 12.5. The zero-order chi connectivity index (χ0) is 12.3. The summed E-state index contributed by atoms with van der Waals surface area (Å²) >= 11 is 1.89. The summed E-state index contributed by atoms with van der Waals surface area (Å²) in [7, 11) is 0. The SMILES string of the molecule is C[C@H]1OCC[C@H]1SCc1cccc(C(N)=O)c1. The number of thioether (sulfide) groups is 1. The van der Waals surface area contributed by atoms with Crippen LogP contribution in [-0.2, 0) is 10.5 Å². The highest BCUT2D eigenvalue weighted by Crippen LogP contribution is 2.29. The first-order chi connectivity index (χ1) is 8.16. The average Bonchev–Trinajstić information content (AvgIpc) is 2.72. The summed E-state index contributed by atoms with van der Waals surface area (Å²) in [6.45, 7) is 2.98. The van der Waals surface area contributed by atoms with Crippen LogP contribution in [0.3, 0.4) is 0 Å². The van der Waals surface area contributed by atoms with Gasteiger partial charge >= 0.3 is 0 Å². The molecule has 1 aliphatic heterocycles. The fourth-order valence-corrected chi connectivity index (χ4v) is 3.15. The predicted octanol–water partition coefficient (Wildman–Crippen LogP) is 2.20. The number of benzene rings is 1. The number of hydrogen-bond donors (Lipinski definition) is 1. The van der Waals surface area contributed by atoms with Crippen LogP contribution in [0.5, 0.6) is 0 Å². The largest absolute Gasteiger partial charge is 0.377 e. The van der Waals surface area contributed by atoms with E-state index in [9.17, 15) is 4.79 Å². The van der Waals surface area contributed by atoms with Gasteiger partial charge < -0.3 is 10.5 Å². The van der Waals surface area contributed by atoms with Gasteiger partial charge in [-0.15, -0.1) is 0 Å². The minimum absolute atomic E-state index is 0.333. The van der Waals surface area contributed by atoms with E-state index in [2.05, 4.69) is 6.92 Å². The lowest BCUT2D eigenvalue weighted by atomic mass is 10.1. The molecule has 0 spiro atoms. The molecule has 0 radical (unpaired) electrons. The Hall–Kier alpha value is -1.00. The van der Waals surface area contributed by atoms with E-state index < -0.39 is 0 Å². The Kier molecular flexibility index (Phi) is 4.07. The highest BCUT2D eigenvalue weighted by molar-refractivity contribution is 7.99. The highest BCUT2D eigenvalue weighted by Gasteiger charge is 2.24. The Labute approximate surface area is 106 Å². The summed E-state index contributed by atoms with van der Waals surface area (Å²) in [5, 5.41) is 0.562. The lowest BCUT2D eigenvalue weighted by Crippen LogP contribution is -2.14. The van der Waals surface area contributed by atoms with E-state index in [0.29, 0.717) is 16.9 Å². The third kappa shape index (κ3) is 3.23. The number of carbonyl (C=O) groups excluding carboxylic acids is 1. The van der Waals surface area contributed by atoms with Gasteiger partial charge in [-0.1, -0.05) is 12.1 Å². The van der Waals surface area contributed by atoms with E-state index in [-0.39, 0.29) is 5.91 Å². The van der Waals surface area contributed by atoms with Crippen molar-refractivity contribution in [3.8, 4) is 0 Å². The molecule has 1 amide bonds. The molecule has 17 heavy (non-hydrogen) atoms. The second-order valence-corrected chi connectivity index (χ2v) is 5.51. The Balaban J connectivity index is 1.94. The van der Waals surface area contributed by atoms with E-state index in [4.69, 9.17) is 10.5 Å². The summed E-state index contributed by atoms with van der Waals surface area (Å²) in [6, 6.07) is 7.53. The van der Waals surface area contributed by atoms with Crippen LogP contribution >= 0.6 is 11.8 Å². The highest BCUT2D eigenvalue weighted by atomic mass is 32.2. The maximum absolute atomic E-state index is 11.1. The second kappa shape index (κ2) is 5.56. The van der Waals surface area contributed by atoms with Crippen molar-refractivity contribution in [2.45, 2.75) is 30.5 Å². The van der Waals surface area contributed by atoms with Gasteiger partial charge in [0.05, 0.1) is 6.10 Å². The lowest BCUT2D eigenvalue weighted by molar-refractivity contribution is 0.1000. The van der Waals surface area contributed by atoms with Crippen molar-refractivity contribution in [2.24, 2.45) is 5.73 Å². The molecule has 2 rings (SSSR count). The predicted molar refractivity (Wildman–Crippen MR) is 70.1 cm³/mol. The smallest absolute Gasteiger partial charge is 0.248 e. The zero-order valence-corrected chi connectivity index (χ0v) is 10.7. The maximum Gasteiger partial charge on any atom is 0.248 e. The molecule has 1 aromatic carbocycles. The molecule has 4 heteroatoms. The van der Waals surface area contributed by atoms with Crippen molar-refractivity contribution < 1.29 is 9.53 Å². The Morgan fingerprint density at radius 1 is 1.59 bits per heavy atom. The number of hydrogen-bond acceptors (Lipinski definition) is 3. The molecule has 0 unspecified atom stereocenters. The van der Waals surface area contributed by atoms with Crippen molar-refractivity contribution in [2.75, 3.05) is 6.61 Å². The number of carbonyl (C=O) groups is 1. The van der Waals surface area contributed by atoms with Crippen LogP contribution < -0.4 is 5.73 Å². The van der Waals surface area contributed by atoms with Gasteiger partial charge in [-0.05, 0) is 31.0 Å². The molecule has 2 N–H and O–H groups in total. The molecule has 3 nitrogen and oxygen atoms in total. The van der Waals surface area contributed by atoms with Gasteiger partial charge in [0.25, 0.3) is 0 Å². The molecule has 0 aromatic heterocycles. The van der Waals surface area contributed by atoms with Crippen LogP contribution in [-0.4, -0.2) is 23.9 Å². The third-order valence-electron chi connectivity index (χ3n) is 2.98. The molecular formula is C13H17NO2S. The first-order valence-electron chi connectivity index (χ1n) is 5.79. The van der Waals surface area contributed by atoms with Gasteiger partial charge in [0.2, 0.25) is 5.91 Å². The molecule has 1 saturated heterocycles. The monoisotopic (exact) mass is 251 g/mol. The van der Waals surface area contributed by atoms with Crippen LogP contribution in [0, 0.1) is 0 Å². The molecule has 92 valence electrons. The number of ether oxygens (including phenoxy) is 1. The van der Waals surface area contributed by atoms with Gasteiger partial charge in [0.15, 0.2) is 0 Å². The summed E-state index contributed by atoms with van der Waals surface area (Å²) < 4.78 is 5.52. The normalized spacial score (nSPS) is 23.8. The molecule has 2 atom stereocenters. The zero-order valence-electron chi connectivity index (χ0n) is 9.89. The molecule has 0 aliphatic carbocycles. The van der Waals surface area contributed by atoms with Gasteiger partial charge in [-0.3, -0.25) is 4.79 Å². The van der Waals surface area contributed by atoms with Crippen LogP contribution in [0.15, 0.2) is 24.3 Å². The number of primary amides is 1. The fourth-order valence-electron chi connectivity index (χ4n) is 1.95. The minimum Gasteiger partial charge on any atom is -0.377 e. The van der Waals surface area contributed by atoms with E-state index >= 15 is 0 Å². The number of amides is 1. The third-order valence-corrected chi connectivity index (χ3v) is 4.53. The van der Waals surface area contributed by atoms with E-state index in [1.807, 2.05) is 30.0 Å². The average molecular weight is 251 g/mol. The summed E-state index contributed by atoms with van der Waals surface area (Å²) in [4.78, 5) is 11.1. The Morgan fingerprint density at radius 3 is 3.06 bits per heavy atom. The second-order valence-electron chi connectivity index (χ2n) is 4.28. The van der Waals surface area contributed by atoms with Crippen molar-refractivity contribution >= 4 is 17.7 Å². The van der Waals surface area contributed by atoms with Gasteiger partial charge in [-0.25, -0.2) is 0 Å². The van der Waals surface area contributed by atoms with Crippen molar-refractivity contribution in [3.05, 3.63) is 35.4 Å². The molecular weight excluding hydrogens is 234 g/mol. The summed E-state index contributed by atoms with van der Waals surface area (Å²) in [5.41, 5.74) is 6.98. The number of nitrogens with two attached hydrogens (primary N) is 1. The quantitative estimate of drug-likeness (QED) is 0.892. The summed E-state index contributed by atoms with van der Waals surface area (Å²) in [5.74, 6) is 0.536. The maximum atomic E-state index is 11.1. The summed E-state index contributed by atoms with van der Waals surface area (Å²) in [6.07, 6.45) is 1.45. The van der Waals surface area contributed by atoms with Crippen LogP contribution in [0.2, 0.25) is 0 Å². The molecule has 1 aliphatic rings. The van der Waals surface area contributed by atoms with Gasteiger partial charge in [0.1, 0.15) is 0 Å². The molecule has 1 aromatic rings. The van der Waals surface area contributed by atoms with E-state index in [1.54, 1.807) is 6.07 Å². The topological polar surface area (TPSA) is 52.3 Å². The van der Waals surface area contributed by atoms with Crippen LogP contribution in [0.1, 0.15) is 29.3 Å².